The van der Waals surface area contributed by atoms with Gasteiger partial charge in [-0.3, -0.25) is 4.99 Å². The van der Waals surface area contributed by atoms with E-state index in [9.17, 15) is 0 Å². The molecule has 0 aromatic heterocycles. The van der Waals surface area contributed by atoms with Gasteiger partial charge in [0.1, 0.15) is 0 Å². The lowest BCUT2D eigenvalue weighted by Gasteiger charge is -2.31. The maximum atomic E-state index is 5.12. The van der Waals surface area contributed by atoms with Crippen LogP contribution in [0.25, 0.3) is 0 Å². The predicted octanol–water partition coefficient (Wildman–Crippen LogP) is 6.31. The summed E-state index contributed by atoms with van der Waals surface area (Å²) in [5.74, 6) is 0.252. The van der Waals surface area contributed by atoms with Crippen LogP contribution in [0.1, 0.15) is 36.6 Å². The molecular weight excluding hydrogens is 304 g/mol. The van der Waals surface area contributed by atoms with Gasteiger partial charge in [0.05, 0.1) is 23.1 Å². The van der Waals surface area contributed by atoms with Crippen LogP contribution in [-0.4, -0.2) is 5.71 Å². The molecule has 0 amide bonds. The van der Waals surface area contributed by atoms with E-state index in [0.29, 0.717) is 0 Å². The number of allylic oxidation sites excluding steroid dienone is 4. The molecule has 25 heavy (non-hydrogen) atoms. The van der Waals surface area contributed by atoms with Crippen LogP contribution in [0.2, 0.25) is 0 Å². The number of nitrogens with one attached hydrogen (secondary N) is 1. The molecule has 0 spiro atoms. The summed E-state index contributed by atoms with van der Waals surface area (Å²) in [6.45, 7) is 8.54. The highest BCUT2D eigenvalue weighted by molar-refractivity contribution is 6.01. The van der Waals surface area contributed by atoms with Gasteiger partial charge >= 0.3 is 0 Å². The largest absolute Gasteiger partial charge is 0.371 e. The van der Waals surface area contributed by atoms with Crippen LogP contribution in [0.4, 0.5) is 11.4 Å². The van der Waals surface area contributed by atoms with Crippen LogP contribution in [0.3, 0.4) is 0 Å². The number of hydrogen-bond acceptors (Lipinski definition) is 2. The van der Waals surface area contributed by atoms with Crippen molar-refractivity contribution in [3.05, 3.63) is 83.5 Å². The summed E-state index contributed by atoms with van der Waals surface area (Å²) in [6, 6.07) is 15.0. The minimum absolute atomic E-state index is 0.0982. The molecule has 2 unspecified atom stereocenters. The molecule has 1 aliphatic rings. The molecule has 2 atom stereocenters. The van der Waals surface area contributed by atoms with Gasteiger partial charge < -0.3 is 5.32 Å². The van der Waals surface area contributed by atoms with Gasteiger partial charge in [-0.2, -0.15) is 0 Å². The van der Waals surface area contributed by atoms with Crippen molar-refractivity contribution in [1.29, 1.82) is 0 Å². The Morgan fingerprint density at radius 3 is 2.52 bits per heavy atom. The highest BCUT2D eigenvalue weighted by Gasteiger charge is 2.27. The molecule has 2 aromatic carbocycles. The molecule has 0 radical (unpaired) electrons. The zero-order valence-corrected chi connectivity index (χ0v) is 15.5. The number of anilines is 1. The lowest BCUT2D eigenvalue weighted by molar-refractivity contribution is 0.884. The Morgan fingerprint density at radius 2 is 1.80 bits per heavy atom. The SMILES string of the molecule is C/C=C\C=C/C(C)C1=Nc2c(ccc(C)c2C)NC1c1ccccc1. The van der Waals surface area contributed by atoms with E-state index in [-0.39, 0.29) is 12.0 Å². The Labute approximate surface area is 151 Å². The van der Waals surface area contributed by atoms with Crippen LogP contribution in [-0.2, 0) is 0 Å². The van der Waals surface area contributed by atoms with Gasteiger partial charge in [-0.05, 0) is 43.5 Å². The zero-order valence-electron chi connectivity index (χ0n) is 15.5. The second-order valence-corrected chi connectivity index (χ2v) is 6.63. The van der Waals surface area contributed by atoms with Gasteiger partial charge in [0, 0.05) is 5.92 Å². The van der Waals surface area contributed by atoms with Gasteiger partial charge in [-0.15, -0.1) is 0 Å². The van der Waals surface area contributed by atoms with Crippen LogP contribution in [0.15, 0.2) is 71.8 Å². The molecule has 0 saturated heterocycles. The van der Waals surface area contributed by atoms with E-state index in [2.05, 4.69) is 86.8 Å². The molecule has 0 bridgehead atoms. The van der Waals surface area contributed by atoms with Gasteiger partial charge in [0.25, 0.3) is 0 Å². The summed E-state index contributed by atoms with van der Waals surface area (Å²) >= 11 is 0. The van der Waals surface area contributed by atoms with Gasteiger partial charge in [-0.1, -0.05) is 67.6 Å². The topological polar surface area (TPSA) is 24.4 Å². The maximum Gasteiger partial charge on any atom is 0.0907 e. The molecule has 1 heterocycles. The molecule has 1 aliphatic heterocycles. The average molecular weight is 330 g/mol. The van der Waals surface area contributed by atoms with Crippen molar-refractivity contribution in [2.75, 3.05) is 5.32 Å². The van der Waals surface area contributed by atoms with E-state index in [1.165, 1.54) is 16.7 Å². The normalized spacial score (nSPS) is 18.1. The Bertz CT molecular complexity index is 829. The second-order valence-electron chi connectivity index (χ2n) is 6.63. The fourth-order valence-electron chi connectivity index (χ4n) is 3.19. The van der Waals surface area contributed by atoms with E-state index < -0.39 is 0 Å². The van der Waals surface area contributed by atoms with Crippen molar-refractivity contribution < 1.29 is 0 Å². The molecule has 2 aromatic rings. The third-order valence-corrected chi connectivity index (χ3v) is 4.84. The number of aliphatic imine (C=N–C) groups is 1. The van der Waals surface area contributed by atoms with Crippen LogP contribution >= 0.6 is 0 Å². The molecule has 0 aliphatic carbocycles. The van der Waals surface area contributed by atoms with Crippen LogP contribution in [0, 0.1) is 19.8 Å². The number of aryl methyl sites for hydroxylation is 1. The van der Waals surface area contributed by atoms with E-state index >= 15 is 0 Å². The van der Waals surface area contributed by atoms with Crippen molar-refractivity contribution in [3.63, 3.8) is 0 Å². The fraction of sp³-hybridized carbons (Fsp3) is 0.261. The summed E-state index contributed by atoms with van der Waals surface area (Å²) in [4.78, 5) is 5.12. The van der Waals surface area contributed by atoms with E-state index in [1.54, 1.807) is 0 Å². The molecule has 1 N–H and O–H groups in total. The van der Waals surface area contributed by atoms with Crippen molar-refractivity contribution in [2.45, 2.75) is 33.7 Å². The van der Waals surface area contributed by atoms with Gasteiger partial charge in [0.15, 0.2) is 0 Å². The smallest absolute Gasteiger partial charge is 0.0907 e. The average Bonchev–Trinajstić information content (AvgIpc) is 2.65. The zero-order chi connectivity index (χ0) is 17.8. The van der Waals surface area contributed by atoms with Crippen molar-refractivity contribution in [3.8, 4) is 0 Å². The van der Waals surface area contributed by atoms with Gasteiger partial charge in [0.2, 0.25) is 0 Å². The van der Waals surface area contributed by atoms with Crippen LogP contribution in [0.5, 0.6) is 0 Å². The molecule has 2 nitrogen and oxygen atoms in total. The summed E-state index contributed by atoms with van der Waals surface area (Å²) in [7, 11) is 0. The van der Waals surface area contributed by atoms with Crippen molar-refractivity contribution >= 4 is 17.1 Å². The third kappa shape index (κ3) is 3.58. The lowest BCUT2D eigenvalue weighted by atomic mass is 9.90. The number of hydrogen-bond donors (Lipinski definition) is 1. The minimum Gasteiger partial charge on any atom is -0.371 e. The quantitative estimate of drug-likeness (QED) is 0.653. The first-order valence-corrected chi connectivity index (χ1v) is 8.91. The standard InChI is InChI=1S/C23H26N2/c1-5-6-8-11-17(3)21-23(19-12-9-7-10-13-19)24-20-15-14-16(2)18(4)22(20)25-21/h5-15,17,23-24H,1-4H3/b6-5-,11-8-. The molecule has 3 rings (SSSR count). The Kier molecular flexibility index (Phi) is 5.18. The van der Waals surface area contributed by atoms with Gasteiger partial charge in [-0.25, -0.2) is 0 Å². The first-order valence-electron chi connectivity index (χ1n) is 8.91. The summed E-state index contributed by atoms with van der Waals surface area (Å²) in [5.41, 5.74) is 7.13. The number of fused-ring (bicyclic) bond motifs is 1. The van der Waals surface area contributed by atoms with Crippen LogP contribution < -0.4 is 5.32 Å². The van der Waals surface area contributed by atoms with E-state index in [4.69, 9.17) is 4.99 Å². The number of benzene rings is 2. The molecule has 2 heteroatoms. The minimum atomic E-state index is 0.0982. The Balaban J connectivity index is 2.08. The van der Waals surface area contributed by atoms with Crippen molar-refractivity contribution in [1.82, 2.24) is 0 Å². The highest BCUT2D eigenvalue weighted by Crippen LogP contribution is 2.40. The fourth-order valence-corrected chi connectivity index (χ4v) is 3.19. The summed E-state index contributed by atoms with van der Waals surface area (Å²) < 4.78 is 0. The molecular formula is C23H26N2. The Morgan fingerprint density at radius 1 is 1.04 bits per heavy atom. The third-order valence-electron chi connectivity index (χ3n) is 4.84. The number of nitrogens with zero attached hydrogens (tertiary/aromatic N) is 1. The predicted molar refractivity (Wildman–Crippen MR) is 109 cm³/mol. The van der Waals surface area contributed by atoms with Crippen molar-refractivity contribution in [2.24, 2.45) is 10.9 Å². The Hall–Kier alpha value is -2.61. The monoisotopic (exact) mass is 330 g/mol. The molecule has 128 valence electrons. The highest BCUT2D eigenvalue weighted by atomic mass is 15.0. The lowest BCUT2D eigenvalue weighted by Crippen LogP contribution is -2.28. The number of rotatable bonds is 4. The first kappa shape index (κ1) is 17.2. The summed E-state index contributed by atoms with van der Waals surface area (Å²) in [6.07, 6.45) is 8.43. The molecule has 0 fully saturated rings. The second kappa shape index (κ2) is 7.52. The molecule has 0 saturated carbocycles. The van der Waals surface area contributed by atoms with E-state index in [0.717, 1.165) is 17.1 Å². The van der Waals surface area contributed by atoms with E-state index in [1.807, 2.05) is 13.0 Å². The maximum absolute atomic E-state index is 5.12. The summed E-state index contributed by atoms with van der Waals surface area (Å²) in [5, 5.41) is 3.72. The first-order chi connectivity index (χ1) is 12.1.